The predicted octanol–water partition coefficient (Wildman–Crippen LogP) is 1.45. The van der Waals surface area contributed by atoms with Crippen LogP contribution in [-0.2, 0) is 11.3 Å². The van der Waals surface area contributed by atoms with Gasteiger partial charge in [0.1, 0.15) is 0 Å². The lowest BCUT2D eigenvalue weighted by molar-refractivity contribution is 0.104. The van der Waals surface area contributed by atoms with Crippen molar-refractivity contribution < 1.29 is 9.53 Å². The first-order valence-electron chi connectivity index (χ1n) is 6.37. The van der Waals surface area contributed by atoms with Crippen LogP contribution in [0.3, 0.4) is 0 Å². The fourth-order valence-electron chi connectivity index (χ4n) is 1.96. The van der Waals surface area contributed by atoms with Gasteiger partial charge in [0, 0.05) is 32.1 Å². The summed E-state index contributed by atoms with van der Waals surface area (Å²) in [5, 5.41) is 5.64. The van der Waals surface area contributed by atoms with E-state index >= 15 is 0 Å². The first-order valence-corrected chi connectivity index (χ1v) is 6.37. The van der Waals surface area contributed by atoms with Gasteiger partial charge in [-0.1, -0.05) is 0 Å². The van der Waals surface area contributed by atoms with E-state index in [1.165, 1.54) is 0 Å². The van der Waals surface area contributed by atoms with Crippen LogP contribution in [0.5, 0.6) is 0 Å². The molecule has 2 N–H and O–H groups in total. The third-order valence-electron chi connectivity index (χ3n) is 2.98. The molecule has 0 aliphatic carbocycles. The second kappa shape index (κ2) is 6.96. The number of aromatic nitrogens is 1. The fourth-order valence-corrected chi connectivity index (χ4v) is 1.96. The van der Waals surface area contributed by atoms with Crippen molar-refractivity contribution in [2.45, 2.75) is 31.9 Å². The van der Waals surface area contributed by atoms with Gasteiger partial charge in [-0.15, -0.1) is 0 Å². The predicted molar refractivity (Wildman–Crippen MR) is 68.1 cm³/mol. The van der Waals surface area contributed by atoms with Gasteiger partial charge in [0.2, 0.25) is 0 Å². The number of pyridine rings is 1. The van der Waals surface area contributed by atoms with Crippen molar-refractivity contribution >= 4 is 6.03 Å². The summed E-state index contributed by atoms with van der Waals surface area (Å²) < 4.78 is 5.49. The Hall–Kier alpha value is -1.62. The molecule has 0 saturated carbocycles. The van der Waals surface area contributed by atoms with Crippen molar-refractivity contribution in [3.8, 4) is 0 Å². The molecular weight excluding hydrogens is 230 g/mol. The lowest BCUT2D eigenvalue weighted by Gasteiger charge is -2.10. The molecule has 2 rings (SSSR count). The number of hydrogen-bond donors (Lipinski definition) is 2. The average molecular weight is 249 g/mol. The van der Waals surface area contributed by atoms with Crippen molar-refractivity contribution in [1.29, 1.82) is 0 Å². The molecule has 0 spiro atoms. The number of rotatable bonds is 5. The van der Waals surface area contributed by atoms with E-state index in [2.05, 4.69) is 15.6 Å². The van der Waals surface area contributed by atoms with E-state index in [1.807, 2.05) is 12.1 Å². The Morgan fingerprint density at radius 2 is 2.22 bits per heavy atom. The van der Waals surface area contributed by atoms with Gasteiger partial charge in [-0.25, -0.2) is 4.79 Å². The molecule has 1 fully saturated rings. The number of nitrogens with one attached hydrogen (secondary N) is 2. The number of carbonyl (C=O) groups excluding carboxylic acids is 1. The van der Waals surface area contributed by atoms with Gasteiger partial charge in [-0.3, -0.25) is 4.98 Å². The molecule has 1 aromatic heterocycles. The van der Waals surface area contributed by atoms with Crippen molar-refractivity contribution in [2.75, 3.05) is 13.2 Å². The monoisotopic (exact) mass is 249 g/mol. The number of urea groups is 1. The third-order valence-corrected chi connectivity index (χ3v) is 2.98. The molecule has 0 bridgehead atoms. The highest BCUT2D eigenvalue weighted by atomic mass is 16.5. The summed E-state index contributed by atoms with van der Waals surface area (Å²) in [6.45, 7) is 2.04. The van der Waals surface area contributed by atoms with E-state index in [-0.39, 0.29) is 6.03 Å². The Morgan fingerprint density at radius 1 is 1.39 bits per heavy atom. The minimum Gasteiger partial charge on any atom is -0.378 e. The summed E-state index contributed by atoms with van der Waals surface area (Å²) in [6.07, 6.45) is 6.89. The molecule has 1 aromatic rings. The molecule has 1 unspecified atom stereocenters. The number of carbonyl (C=O) groups is 1. The fraction of sp³-hybridized carbons (Fsp3) is 0.538. The van der Waals surface area contributed by atoms with Crippen LogP contribution < -0.4 is 10.6 Å². The van der Waals surface area contributed by atoms with E-state index in [4.69, 9.17) is 4.74 Å². The molecule has 5 nitrogen and oxygen atoms in total. The Morgan fingerprint density at radius 3 is 2.94 bits per heavy atom. The summed E-state index contributed by atoms with van der Waals surface area (Å²) >= 11 is 0. The molecule has 2 amide bonds. The molecule has 1 saturated heterocycles. The van der Waals surface area contributed by atoms with Gasteiger partial charge in [0.15, 0.2) is 0 Å². The van der Waals surface area contributed by atoms with Gasteiger partial charge >= 0.3 is 6.03 Å². The van der Waals surface area contributed by atoms with Crippen LogP contribution in [-0.4, -0.2) is 30.3 Å². The van der Waals surface area contributed by atoms with Crippen LogP contribution in [0, 0.1) is 0 Å². The van der Waals surface area contributed by atoms with Crippen molar-refractivity contribution in [3.63, 3.8) is 0 Å². The first kappa shape index (κ1) is 12.8. The Labute approximate surface area is 107 Å². The second-order valence-corrected chi connectivity index (χ2v) is 4.39. The minimum atomic E-state index is -0.134. The SMILES string of the molecule is O=C(NCCC1CCCO1)NCc1ccncc1. The molecule has 0 radical (unpaired) electrons. The van der Waals surface area contributed by atoms with Crippen LogP contribution in [0.1, 0.15) is 24.8 Å². The van der Waals surface area contributed by atoms with Crippen molar-refractivity contribution in [3.05, 3.63) is 30.1 Å². The van der Waals surface area contributed by atoms with Crippen LogP contribution in [0.4, 0.5) is 4.79 Å². The van der Waals surface area contributed by atoms with Crippen LogP contribution in [0.15, 0.2) is 24.5 Å². The normalized spacial score (nSPS) is 18.6. The van der Waals surface area contributed by atoms with Gasteiger partial charge in [-0.05, 0) is 37.0 Å². The maximum absolute atomic E-state index is 11.5. The Bertz CT molecular complexity index is 364. The van der Waals surface area contributed by atoms with Crippen molar-refractivity contribution in [2.24, 2.45) is 0 Å². The summed E-state index contributed by atoms with van der Waals surface area (Å²) in [5.41, 5.74) is 1.04. The summed E-state index contributed by atoms with van der Waals surface area (Å²) in [7, 11) is 0. The number of nitrogens with zero attached hydrogens (tertiary/aromatic N) is 1. The second-order valence-electron chi connectivity index (χ2n) is 4.39. The molecule has 5 heteroatoms. The highest BCUT2D eigenvalue weighted by Gasteiger charge is 2.14. The van der Waals surface area contributed by atoms with Gasteiger partial charge in [-0.2, -0.15) is 0 Å². The highest BCUT2D eigenvalue weighted by Crippen LogP contribution is 2.14. The van der Waals surface area contributed by atoms with Gasteiger partial charge in [0.05, 0.1) is 6.10 Å². The minimum absolute atomic E-state index is 0.134. The van der Waals surface area contributed by atoms with E-state index in [0.29, 0.717) is 19.2 Å². The van der Waals surface area contributed by atoms with E-state index in [9.17, 15) is 4.79 Å². The Balaban J connectivity index is 1.57. The summed E-state index contributed by atoms with van der Waals surface area (Å²) in [6, 6.07) is 3.63. The lowest BCUT2D eigenvalue weighted by Crippen LogP contribution is -2.36. The largest absolute Gasteiger partial charge is 0.378 e. The zero-order valence-corrected chi connectivity index (χ0v) is 10.4. The standard InChI is InChI=1S/C13H19N3O2/c17-13(15-8-5-12-2-1-9-18-12)16-10-11-3-6-14-7-4-11/h3-4,6-7,12H,1-2,5,8-10H2,(H2,15,16,17). The zero-order chi connectivity index (χ0) is 12.6. The first-order chi connectivity index (χ1) is 8.84. The zero-order valence-electron chi connectivity index (χ0n) is 10.4. The topological polar surface area (TPSA) is 63.2 Å². The highest BCUT2D eigenvalue weighted by molar-refractivity contribution is 5.73. The molecule has 0 aromatic carbocycles. The van der Waals surface area contributed by atoms with Crippen LogP contribution >= 0.6 is 0 Å². The molecule has 2 heterocycles. The number of hydrogen-bond acceptors (Lipinski definition) is 3. The van der Waals surface area contributed by atoms with E-state index in [0.717, 1.165) is 31.4 Å². The molecule has 1 atom stereocenters. The molecule has 18 heavy (non-hydrogen) atoms. The average Bonchev–Trinajstić information content (AvgIpc) is 2.91. The molecular formula is C13H19N3O2. The third kappa shape index (κ3) is 4.33. The van der Waals surface area contributed by atoms with Gasteiger partial charge in [0.25, 0.3) is 0 Å². The number of ether oxygens (including phenoxy) is 1. The van der Waals surface area contributed by atoms with Crippen LogP contribution in [0.2, 0.25) is 0 Å². The molecule has 1 aliphatic rings. The maximum Gasteiger partial charge on any atom is 0.315 e. The maximum atomic E-state index is 11.5. The quantitative estimate of drug-likeness (QED) is 0.830. The number of amides is 2. The summed E-state index contributed by atoms with van der Waals surface area (Å²) in [4.78, 5) is 15.4. The van der Waals surface area contributed by atoms with E-state index in [1.54, 1.807) is 12.4 Å². The summed E-state index contributed by atoms with van der Waals surface area (Å²) in [5.74, 6) is 0. The molecule has 1 aliphatic heterocycles. The Kier molecular flexibility index (Phi) is 4.96. The lowest BCUT2D eigenvalue weighted by atomic mass is 10.2. The smallest absolute Gasteiger partial charge is 0.315 e. The van der Waals surface area contributed by atoms with Gasteiger partial charge < -0.3 is 15.4 Å². The van der Waals surface area contributed by atoms with E-state index < -0.39 is 0 Å². The molecule has 98 valence electrons. The van der Waals surface area contributed by atoms with Crippen LogP contribution in [0.25, 0.3) is 0 Å². The van der Waals surface area contributed by atoms with Crippen molar-refractivity contribution in [1.82, 2.24) is 15.6 Å².